The van der Waals surface area contributed by atoms with Gasteiger partial charge in [-0.2, -0.15) is 0 Å². The Morgan fingerprint density at radius 1 is 0.944 bits per heavy atom. The lowest BCUT2D eigenvalue weighted by molar-refractivity contribution is -0.113. The average molecular weight is 496 g/mol. The van der Waals surface area contributed by atoms with Gasteiger partial charge in [-0.3, -0.25) is 9.69 Å². The molecule has 0 radical (unpaired) electrons. The van der Waals surface area contributed by atoms with Gasteiger partial charge >= 0.3 is 5.97 Å². The Labute approximate surface area is 213 Å². The van der Waals surface area contributed by atoms with Crippen LogP contribution in [0.3, 0.4) is 0 Å². The molecule has 0 saturated heterocycles. The van der Waals surface area contributed by atoms with Crippen molar-refractivity contribution in [2.24, 2.45) is 0 Å². The number of hydrogen-bond acceptors (Lipinski definition) is 4. The molecule has 36 heavy (non-hydrogen) atoms. The van der Waals surface area contributed by atoms with Crippen LogP contribution in [0.4, 0.5) is 5.69 Å². The highest BCUT2D eigenvalue weighted by Gasteiger charge is 2.30. The van der Waals surface area contributed by atoms with E-state index in [2.05, 4.69) is 0 Å². The monoisotopic (exact) mass is 495 g/mol. The molecule has 0 unspecified atom stereocenters. The summed E-state index contributed by atoms with van der Waals surface area (Å²) in [6.07, 6.45) is 3.58. The van der Waals surface area contributed by atoms with Crippen molar-refractivity contribution in [1.82, 2.24) is 0 Å². The van der Waals surface area contributed by atoms with Crippen LogP contribution in [0, 0.1) is 0 Å². The molecule has 0 N–H and O–H groups in total. The van der Waals surface area contributed by atoms with Crippen molar-refractivity contribution in [1.29, 1.82) is 0 Å². The van der Waals surface area contributed by atoms with Crippen LogP contribution >= 0.6 is 11.6 Å². The SMILES string of the molecule is CCOC(=O)c1ccc(-c2ccc(/C=C3\C=C(c4ccccc4)N(c4cccc(Cl)c4)C3=O)o2)cc1. The molecule has 3 aromatic carbocycles. The van der Waals surface area contributed by atoms with E-state index in [-0.39, 0.29) is 11.9 Å². The lowest BCUT2D eigenvalue weighted by atomic mass is 10.1. The molecule has 2 heterocycles. The number of furan rings is 1. The molecule has 178 valence electrons. The van der Waals surface area contributed by atoms with Crippen molar-refractivity contribution in [3.05, 3.63) is 125 Å². The number of ether oxygens (including phenoxy) is 1. The van der Waals surface area contributed by atoms with Gasteiger partial charge in [0.05, 0.1) is 23.6 Å². The molecule has 0 spiro atoms. The molecule has 5 nitrogen and oxygen atoms in total. The van der Waals surface area contributed by atoms with Crippen molar-refractivity contribution in [3.8, 4) is 11.3 Å². The Morgan fingerprint density at radius 2 is 1.72 bits per heavy atom. The fraction of sp³-hybridized carbons (Fsp3) is 0.0667. The Balaban J connectivity index is 1.46. The third kappa shape index (κ3) is 4.74. The van der Waals surface area contributed by atoms with Gasteiger partial charge in [-0.25, -0.2) is 4.79 Å². The van der Waals surface area contributed by atoms with Crippen molar-refractivity contribution >= 4 is 40.9 Å². The number of esters is 1. The lowest BCUT2D eigenvalue weighted by Crippen LogP contribution is -2.24. The quantitative estimate of drug-likeness (QED) is 0.209. The van der Waals surface area contributed by atoms with E-state index >= 15 is 0 Å². The average Bonchev–Trinajstić information content (AvgIpc) is 3.49. The maximum absolute atomic E-state index is 13.5. The molecule has 6 heteroatoms. The van der Waals surface area contributed by atoms with E-state index < -0.39 is 0 Å². The third-order valence-corrected chi connectivity index (χ3v) is 5.96. The van der Waals surface area contributed by atoms with Crippen LogP contribution in [0.1, 0.15) is 28.6 Å². The van der Waals surface area contributed by atoms with E-state index in [0.29, 0.717) is 40.0 Å². The number of amides is 1. The standard InChI is InChI=1S/C30H22ClNO4/c1-2-35-30(34)22-13-11-21(12-14-22)28-16-15-26(36-28)17-23-18-27(20-7-4-3-5-8-20)32(29(23)33)25-10-6-9-24(31)19-25/h3-19H,2H2,1H3/b23-17+. The highest BCUT2D eigenvalue weighted by molar-refractivity contribution is 6.31. The van der Waals surface area contributed by atoms with Crippen molar-refractivity contribution in [3.63, 3.8) is 0 Å². The van der Waals surface area contributed by atoms with Crippen LogP contribution in [-0.2, 0) is 9.53 Å². The molecule has 1 aliphatic rings. The highest BCUT2D eigenvalue weighted by atomic mass is 35.5. The van der Waals surface area contributed by atoms with Crippen LogP contribution in [-0.4, -0.2) is 18.5 Å². The molecule has 1 aliphatic heterocycles. The summed E-state index contributed by atoms with van der Waals surface area (Å²) in [5.74, 6) is 0.632. The Kier molecular flexibility index (Phi) is 6.56. The van der Waals surface area contributed by atoms with E-state index in [1.54, 1.807) is 54.3 Å². The smallest absolute Gasteiger partial charge is 0.338 e. The van der Waals surface area contributed by atoms with Gasteiger partial charge in [0, 0.05) is 16.2 Å². The number of carbonyl (C=O) groups is 2. The fourth-order valence-electron chi connectivity index (χ4n) is 4.03. The second kappa shape index (κ2) is 10.1. The number of nitrogens with zero attached hydrogens (tertiary/aromatic N) is 1. The minimum atomic E-state index is -0.362. The summed E-state index contributed by atoms with van der Waals surface area (Å²) < 4.78 is 11.0. The summed E-state index contributed by atoms with van der Waals surface area (Å²) in [6.45, 7) is 2.09. The van der Waals surface area contributed by atoms with E-state index in [1.165, 1.54) is 0 Å². The number of hydrogen-bond donors (Lipinski definition) is 0. The van der Waals surface area contributed by atoms with Crippen LogP contribution in [0.15, 0.2) is 107 Å². The topological polar surface area (TPSA) is 59.8 Å². The van der Waals surface area contributed by atoms with E-state index in [4.69, 9.17) is 20.8 Å². The maximum atomic E-state index is 13.5. The summed E-state index contributed by atoms with van der Waals surface area (Å²) in [5, 5.41) is 0.551. The highest BCUT2D eigenvalue weighted by Crippen LogP contribution is 2.36. The van der Waals surface area contributed by atoms with E-state index in [0.717, 1.165) is 16.8 Å². The summed E-state index contributed by atoms with van der Waals surface area (Å²) >= 11 is 6.22. The number of carbonyl (C=O) groups excluding carboxylic acids is 2. The molecule has 0 bridgehead atoms. The second-order valence-corrected chi connectivity index (χ2v) is 8.55. The zero-order valence-corrected chi connectivity index (χ0v) is 20.2. The predicted octanol–water partition coefficient (Wildman–Crippen LogP) is 7.25. The van der Waals surface area contributed by atoms with E-state index in [9.17, 15) is 9.59 Å². The summed E-state index contributed by atoms with van der Waals surface area (Å²) in [5.41, 5.74) is 4.14. The van der Waals surface area contributed by atoms with Crippen LogP contribution < -0.4 is 4.90 Å². The Morgan fingerprint density at radius 3 is 2.44 bits per heavy atom. The van der Waals surface area contributed by atoms with Crippen LogP contribution in [0.5, 0.6) is 0 Å². The first kappa shape index (κ1) is 23.4. The first-order valence-corrected chi connectivity index (χ1v) is 11.9. The molecular weight excluding hydrogens is 474 g/mol. The molecule has 0 aliphatic carbocycles. The van der Waals surface area contributed by atoms with Gasteiger partial charge in [-0.05, 0) is 67.1 Å². The van der Waals surface area contributed by atoms with Gasteiger partial charge in [-0.15, -0.1) is 0 Å². The van der Waals surface area contributed by atoms with Crippen LogP contribution in [0.2, 0.25) is 5.02 Å². The third-order valence-electron chi connectivity index (χ3n) is 5.72. The Hall–Kier alpha value is -4.35. The van der Waals surface area contributed by atoms with E-state index in [1.807, 2.05) is 60.7 Å². The number of anilines is 1. The van der Waals surface area contributed by atoms with Gasteiger partial charge in [0.25, 0.3) is 5.91 Å². The van der Waals surface area contributed by atoms with Crippen molar-refractivity contribution < 1.29 is 18.7 Å². The maximum Gasteiger partial charge on any atom is 0.338 e. The zero-order valence-electron chi connectivity index (χ0n) is 19.5. The van der Waals surface area contributed by atoms with Crippen molar-refractivity contribution in [2.45, 2.75) is 6.92 Å². The lowest BCUT2D eigenvalue weighted by Gasteiger charge is -2.21. The first-order chi connectivity index (χ1) is 17.5. The molecular formula is C30H22ClNO4. The molecule has 0 saturated carbocycles. The van der Waals surface area contributed by atoms with Gasteiger partial charge in [0.1, 0.15) is 11.5 Å². The van der Waals surface area contributed by atoms with Gasteiger partial charge in [0.2, 0.25) is 0 Å². The van der Waals surface area contributed by atoms with Gasteiger partial charge in [0.15, 0.2) is 0 Å². The second-order valence-electron chi connectivity index (χ2n) is 8.12. The molecule has 4 aromatic rings. The fourth-order valence-corrected chi connectivity index (χ4v) is 4.22. The molecule has 1 aromatic heterocycles. The van der Waals surface area contributed by atoms with Gasteiger partial charge < -0.3 is 9.15 Å². The number of benzene rings is 3. The zero-order chi connectivity index (χ0) is 25.1. The van der Waals surface area contributed by atoms with Gasteiger partial charge in [-0.1, -0.05) is 60.1 Å². The summed E-state index contributed by atoms with van der Waals surface area (Å²) in [4.78, 5) is 27.1. The number of halogens is 1. The minimum Gasteiger partial charge on any atom is -0.462 e. The molecule has 0 fully saturated rings. The Bertz CT molecular complexity index is 1480. The summed E-state index contributed by atoms with van der Waals surface area (Å²) in [7, 11) is 0. The summed E-state index contributed by atoms with van der Waals surface area (Å²) in [6, 6.07) is 27.6. The molecule has 0 atom stereocenters. The normalized spacial score (nSPS) is 14.3. The van der Waals surface area contributed by atoms with Crippen LogP contribution in [0.25, 0.3) is 23.1 Å². The van der Waals surface area contributed by atoms with Crippen molar-refractivity contribution in [2.75, 3.05) is 11.5 Å². The minimum absolute atomic E-state index is 0.173. The number of rotatable bonds is 6. The largest absolute Gasteiger partial charge is 0.462 e. The first-order valence-electron chi connectivity index (χ1n) is 11.5. The molecule has 5 rings (SSSR count). The predicted molar refractivity (Wildman–Crippen MR) is 141 cm³/mol. The molecule has 1 amide bonds.